The zero-order valence-electron chi connectivity index (χ0n) is 10.6. The lowest BCUT2D eigenvalue weighted by molar-refractivity contribution is 0.600. The fraction of sp³-hybridized carbons (Fsp3) is 0.0769. The van der Waals surface area contributed by atoms with Gasteiger partial charge in [0.15, 0.2) is 0 Å². The van der Waals surface area contributed by atoms with Gasteiger partial charge in [0.2, 0.25) is 0 Å². The largest absolute Gasteiger partial charge is 0.277 e. The smallest absolute Gasteiger partial charge is 0.263 e. The zero-order chi connectivity index (χ0) is 15.8. The van der Waals surface area contributed by atoms with E-state index in [2.05, 4.69) is 68.4 Å². The summed E-state index contributed by atoms with van der Waals surface area (Å²) in [6.07, 6.45) is 0. The topological polar surface area (TPSA) is 46.2 Å². The van der Waals surface area contributed by atoms with E-state index in [0.29, 0.717) is 19.1 Å². The average Bonchev–Trinajstić information content (AvgIpc) is 2.33. The third-order valence-corrected chi connectivity index (χ3v) is 6.66. The van der Waals surface area contributed by atoms with Crippen LogP contribution < -0.4 is 4.72 Å². The molecule has 3 nitrogen and oxygen atoms in total. The van der Waals surface area contributed by atoms with Crippen molar-refractivity contribution in [2.45, 2.75) is 11.8 Å². The highest BCUT2D eigenvalue weighted by Gasteiger charge is 2.20. The van der Waals surface area contributed by atoms with Crippen LogP contribution in [0.2, 0.25) is 0 Å². The second-order valence-corrected chi connectivity index (χ2v) is 9.41. The van der Waals surface area contributed by atoms with Gasteiger partial charge in [-0.2, -0.15) is 0 Å². The van der Waals surface area contributed by atoms with Gasteiger partial charge in [-0.25, -0.2) is 8.42 Å². The van der Waals surface area contributed by atoms with Gasteiger partial charge in [-0.05, 0) is 84.5 Å². The van der Waals surface area contributed by atoms with Crippen LogP contribution in [-0.4, -0.2) is 8.42 Å². The van der Waals surface area contributed by atoms with E-state index < -0.39 is 10.0 Å². The van der Waals surface area contributed by atoms with E-state index in [-0.39, 0.29) is 4.90 Å². The van der Waals surface area contributed by atoms with Crippen molar-refractivity contribution in [3.63, 3.8) is 0 Å². The summed E-state index contributed by atoms with van der Waals surface area (Å²) in [5.74, 6) is 0. The van der Waals surface area contributed by atoms with Gasteiger partial charge in [-0.1, -0.05) is 22.0 Å². The molecule has 2 aromatic rings. The van der Waals surface area contributed by atoms with Gasteiger partial charge >= 0.3 is 0 Å². The Hall–Kier alpha value is 0.110. The highest BCUT2D eigenvalue weighted by molar-refractivity contribution is 9.11. The Kier molecular flexibility index (Phi) is 5.57. The third kappa shape index (κ3) is 4.10. The molecule has 0 aliphatic heterocycles. The van der Waals surface area contributed by atoms with Crippen LogP contribution in [0.5, 0.6) is 0 Å². The van der Waals surface area contributed by atoms with Gasteiger partial charge in [0.05, 0.1) is 5.69 Å². The van der Waals surface area contributed by atoms with Gasteiger partial charge < -0.3 is 0 Å². The van der Waals surface area contributed by atoms with E-state index in [1.807, 2.05) is 6.92 Å². The second kappa shape index (κ2) is 6.70. The Morgan fingerprint density at radius 1 is 0.905 bits per heavy atom. The molecular formula is C13H9Br4NO2S. The first-order chi connectivity index (χ1) is 9.70. The molecule has 0 aliphatic carbocycles. The first-order valence-corrected chi connectivity index (χ1v) is 10.3. The van der Waals surface area contributed by atoms with Gasteiger partial charge in [0.1, 0.15) is 4.90 Å². The van der Waals surface area contributed by atoms with Crippen molar-refractivity contribution in [1.82, 2.24) is 0 Å². The molecule has 0 fully saturated rings. The van der Waals surface area contributed by atoms with Crippen LogP contribution in [0.15, 0.2) is 53.1 Å². The third-order valence-electron chi connectivity index (χ3n) is 2.62. The number of halogens is 4. The van der Waals surface area contributed by atoms with Crippen LogP contribution in [0, 0.1) is 6.92 Å². The monoisotopic (exact) mass is 559 g/mol. The van der Waals surface area contributed by atoms with E-state index >= 15 is 0 Å². The van der Waals surface area contributed by atoms with Gasteiger partial charge in [-0.15, -0.1) is 0 Å². The normalized spacial score (nSPS) is 11.5. The van der Waals surface area contributed by atoms with E-state index in [1.54, 1.807) is 30.3 Å². The summed E-state index contributed by atoms with van der Waals surface area (Å²) < 4.78 is 30.3. The molecule has 0 heterocycles. The molecule has 2 rings (SSSR count). The Labute approximate surface area is 157 Å². The average molecular weight is 563 g/mol. The molecular weight excluding hydrogens is 554 g/mol. The van der Waals surface area contributed by atoms with E-state index in [9.17, 15) is 8.42 Å². The van der Waals surface area contributed by atoms with Crippen LogP contribution in [0.3, 0.4) is 0 Å². The van der Waals surface area contributed by atoms with Gasteiger partial charge in [-0.3, -0.25) is 4.72 Å². The van der Waals surface area contributed by atoms with Crippen molar-refractivity contribution in [1.29, 1.82) is 0 Å². The molecule has 0 bridgehead atoms. The molecule has 0 atom stereocenters. The zero-order valence-corrected chi connectivity index (χ0v) is 17.8. The number of anilines is 1. The minimum atomic E-state index is -3.69. The molecule has 0 amide bonds. The summed E-state index contributed by atoms with van der Waals surface area (Å²) >= 11 is 13.4. The minimum Gasteiger partial charge on any atom is -0.277 e. The SMILES string of the molecule is Cc1ccc(S(=O)(=O)Nc2c(Br)cc(Br)cc2Br)c(Br)c1. The molecule has 1 N–H and O–H groups in total. The first kappa shape index (κ1) is 17.5. The van der Waals surface area contributed by atoms with Crippen LogP contribution in [-0.2, 0) is 10.0 Å². The van der Waals surface area contributed by atoms with Crippen molar-refractivity contribution < 1.29 is 8.42 Å². The number of aryl methyl sites for hydroxylation is 1. The molecule has 21 heavy (non-hydrogen) atoms. The van der Waals surface area contributed by atoms with Crippen molar-refractivity contribution in [2.24, 2.45) is 0 Å². The van der Waals surface area contributed by atoms with E-state index in [0.717, 1.165) is 10.0 Å². The number of hydrogen-bond donors (Lipinski definition) is 1. The summed E-state index contributed by atoms with van der Waals surface area (Å²) in [6, 6.07) is 8.63. The summed E-state index contributed by atoms with van der Waals surface area (Å²) in [5.41, 5.74) is 1.43. The van der Waals surface area contributed by atoms with Crippen molar-refractivity contribution in [3.05, 3.63) is 53.8 Å². The number of sulfonamides is 1. The number of benzene rings is 2. The van der Waals surface area contributed by atoms with Crippen LogP contribution in [0.4, 0.5) is 5.69 Å². The summed E-state index contributed by atoms with van der Waals surface area (Å²) in [4.78, 5) is 0.190. The molecule has 0 unspecified atom stereocenters. The Morgan fingerprint density at radius 3 is 2.00 bits per heavy atom. The molecule has 0 saturated heterocycles. The van der Waals surface area contributed by atoms with Crippen molar-refractivity contribution in [3.8, 4) is 0 Å². The van der Waals surface area contributed by atoms with E-state index in [1.165, 1.54) is 0 Å². The lowest BCUT2D eigenvalue weighted by atomic mass is 10.2. The Balaban J connectivity index is 2.47. The number of hydrogen-bond acceptors (Lipinski definition) is 2. The molecule has 0 spiro atoms. The number of nitrogens with one attached hydrogen (secondary N) is 1. The molecule has 0 saturated carbocycles. The number of rotatable bonds is 3. The standard InChI is InChI=1S/C13H9Br4NO2S/c1-7-2-3-12(9(15)4-7)21(19,20)18-13-10(16)5-8(14)6-11(13)17/h2-6,18H,1H3. The van der Waals surface area contributed by atoms with Crippen LogP contribution >= 0.6 is 63.7 Å². The van der Waals surface area contributed by atoms with Crippen LogP contribution in [0.1, 0.15) is 5.56 Å². The predicted molar refractivity (Wildman–Crippen MR) is 99.2 cm³/mol. The summed E-state index contributed by atoms with van der Waals surface area (Å²) in [5, 5.41) is 0. The van der Waals surface area contributed by atoms with Gasteiger partial charge in [0, 0.05) is 17.9 Å². The van der Waals surface area contributed by atoms with Crippen molar-refractivity contribution in [2.75, 3.05) is 4.72 Å². The molecule has 2 aromatic carbocycles. The van der Waals surface area contributed by atoms with Crippen molar-refractivity contribution >= 4 is 79.4 Å². The lowest BCUT2D eigenvalue weighted by Gasteiger charge is -2.13. The maximum Gasteiger partial charge on any atom is 0.263 e. The molecule has 0 radical (unpaired) electrons. The Morgan fingerprint density at radius 2 is 1.48 bits per heavy atom. The maximum absolute atomic E-state index is 12.5. The molecule has 0 aromatic heterocycles. The molecule has 8 heteroatoms. The Bertz CT molecular complexity index is 783. The molecule has 0 aliphatic rings. The quantitative estimate of drug-likeness (QED) is 0.511. The first-order valence-electron chi connectivity index (χ1n) is 5.64. The highest BCUT2D eigenvalue weighted by Crippen LogP contribution is 2.36. The summed E-state index contributed by atoms with van der Waals surface area (Å²) in [6.45, 7) is 1.90. The van der Waals surface area contributed by atoms with Gasteiger partial charge in [0.25, 0.3) is 10.0 Å². The fourth-order valence-electron chi connectivity index (χ4n) is 1.65. The predicted octanol–water partition coefficient (Wildman–Crippen LogP) is 5.85. The molecule has 112 valence electrons. The second-order valence-electron chi connectivity index (χ2n) is 4.28. The van der Waals surface area contributed by atoms with Crippen LogP contribution in [0.25, 0.3) is 0 Å². The van der Waals surface area contributed by atoms with E-state index in [4.69, 9.17) is 0 Å². The summed E-state index contributed by atoms with van der Waals surface area (Å²) in [7, 11) is -3.69. The maximum atomic E-state index is 12.5. The minimum absolute atomic E-state index is 0.190. The fourth-order valence-corrected chi connectivity index (χ4v) is 6.67. The lowest BCUT2D eigenvalue weighted by Crippen LogP contribution is -2.14. The highest BCUT2D eigenvalue weighted by atomic mass is 79.9.